The second kappa shape index (κ2) is 6.44. The third-order valence-electron chi connectivity index (χ3n) is 2.11. The first-order valence-corrected chi connectivity index (χ1v) is 8.41. The summed E-state index contributed by atoms with van der Waals surface area (Å²) in [5.74, 6) is 0.587. The van der Waals surface area contributed by atoms with E-state index in [4.69, 9.17) is 0 Å². The fourth-order valence-electron chi connectivity index (χ4n) is 1.20. The lowest BCUT2D eigenvalue weighted by Crippen LogP contribution is -2.13. The van der Waals surface area contributed by atoms with E-state index in [1.807, 2.05) is 26.2 Å². The molecular formula is C11H14N4OS3. The Balaban J connectivity index is 1.83. The largest absolute Gasteiger partial charge is 0.300 e. The van der Waals surface area contributed by atoms with Gasteiger partial charge in [0.1, 0.15) is 5.01 Å². The van der Waals surface area contributed by atoms with Crippen LogP contribution >= 0.6 is 34.4 Å². The van der Waals surface area contributed by atoms with Crippen LogP contribution in [0.25, 0.3) is 0 Å². The average Bonchev–Trinajstić information content (AvgIpc) is 2.96. The van der Waals surface area contributed by atoms with Crippen LogP contribution in [0.5, 0.6) is 0 Å². The van der Waals surface area contributed by atoms with E-state index in [9.17, 15) is 4.79 Å². The topological polar surface area (TPSA) is 67.8 Å². The first-order chi connectivity index (χ1) is 9.04. The quantitative estimate of drug-likeness (QED) is 0.859. The number of thiazole rings is 1. The number of aromatic nitrogens is 3. The molecule has 0 aliphatic heterocycles. The fraction of sp³-hybridized carbons (Fsp3) is 0.455. The van der Waals surface area contributed by atoms with Gasteiger partial charge in [0, 0.05) is 17.0 Å². The molecule has 0 fully saturated rings. The van der Waals surface area contributed by atoms with Gasteiger partial charge >= 0.3 is 0 Å². The third kappa shape index (κ3) is 4.26. The van der Waals surface area contributed by atoms with Gasteiger partial charge in [-0.15, -0.1) is 21.5 Å². The van der Waals surface area contributed by atoms with Gasteiger partial charge in [-0.1, -0.05) is 36.9 Å². The number of hydrogen-bond acceptors (Lipinski definition) is 7. The number of nitrogens with one attached hydrogen (secondary N) is 1. The van der Waals surface area contributed by atoms with Gasteiger partial charge in [-0.2, -0.15) is 0 Å². The summed E-state index contributed by atoms with van der Waals surface area (Å²) in [5.41, 5.74) is 0.985. The van der Waals surface area contributed by atoms with E-state index in [0.717, 1.165) is 15.0 Å². The number of thioether (sulfide) groups is 1. The van der Waals surface area contributed by atoms with Crippen molar-refractivity contribution in [2.75, 3.05) is 11.1 Å². The Bertz CT molecular complexity index is 564. The Morgan fingerprint density at radius 1 is 1.47 bits per heavy atom. The predicted molar refractivity (Wildman–Crippen MR) is 80.2 cm³/mol. The van der Waals surface area contributed by atoms with Crippen molar-refractivity contribution in [3.63, 3.8) is 0 Å². The Morgan fingerprint density at radius 3 is 2.84 bits per heavy atom. The summed E-state index contributed by atoms with van der Waals surface area (Å²) in [6.45, 7) is 6.04. The normalized spacial score (nSPS) is 10.9. The van der Waals surface area contributed by atoms with Gasteiger partial charge in [0.2, 0.25) is 11.0 Å². The number of hydrogen-bond donors (Lipinski definition) is 1. The molecule has 2 rings (SSSR count). The third-order valence-corrected chi connectivity index (χ3v) is 5.38. The Kier molecular flexibility index (Phi) is 4.89. The summed E-state index contributed by atoms with van der Waals surface area (Å²) < 4.78 is 0.910. The summed E-state index contributed by atoms with van der Waals surface area (Å²) in [6.07, 6.45) is 0. The van der Waals surface area contributed by atoms with E-state index in [-0.39, 0.29) is 5.91 Å². The van der Waals surface area contributed by atoms with Gasteiger partial charge < -0.3 is 0 Å². The molecule has 102 valence electrons. The molecule has 5 nitrogen and oxygen atoms in total. The van der Waals surface area contributed by atoms with Crippen molar-refractivity contribution >= 4 is 45.5 Å². The van der Waals surface area contributed by atoms with Gasteiger partial charge in [-0.3, -0.25) is 10.1 Å². The van der Waals surface area contributed by atoms with Crippen LogP contribution in [-0.2, 0) is 4.79 Å². The first-order valence-electron chi connectivity index (χ1n) is 5.73. The monoisotopic (exact) mass is 314 g/mol. The molecule has 2 heterocycles. The molecule has 0 bridgehead atoms. The second-order valence-electron chi connectivity index (χ2n) is 4.19. The average molecular weight is 314 g/mol. The number of carbonyl (C=O) groups is 1. The maximum atomic E-state index is 11.8. The van der Waals surface area contributed by atoms with Crippen LogP contribution in [0.1, 0.15) is 30.5 Å². The maximum absolute atomic E-state index is 11.8. The van der Waals surface area contributed by atoms with Crippen LogP contribution in [0.4, 0.5) is 5.13 Å². The van der Waals surface area contributed by atoms with E-state index < -0.39 is 0 Å². The summed E-state index contributed by atoms with van der Waals surface area (Å²) in [6, 6.07) is 0. The predicted octanol–water partition coefficient (Wildman–Crippen LogP) is 3.16. The lowest BCUT2D eigenvalue weighted by atomic mass is 10.2. The number of carbonyl (C=O) groups excluding carboxylic acids is 1. The summed E-state index contributed by atoms with van der Waals surface area (Å²) in [4.78, 5) is 16.0. The van der Waals surface area contributed by atoms with Crippen molar-refractivity contribution in [3.8, 4) is 0 Å². The van der Waals surface area contributed by atoms with E-state index in [1.165, 1.54) is 23.1 Å². The minimum absolute atomic E-state index is 0.0793. The smallest absolute Gasteiger partial charge is 0.236 e. The highest BCUT2D eigenvalue weighted by molar-refractivity contribution is 8.01. The molecule has 19 heavy (non-hydrogen) atoms. The molecule has 0 aliphatic rings. The van der Waals surface area contributed by atoms with Crippen LogP contribution in [0.3, 0.4) is 0 Å². The Labute approximate surface area is 123 Å². The number of anilines is 1. The summed E-state index contributed by atoms with van der Waals surface area (Å²) in [5, 5.41) is 14.2. The van der Waals surface area contributed by atoms with Crippen LogP contribution in [0, 0.1) is 6.92 Å². The van der Waals surface area contributed by atoms with Crippen molar-refractivity contribution in [1.82, 2.24) is 15.2 Å². The van der Waals surface area contributed by atoms with Gasteiger partial charge in [0.15, 0.2) is 4.34 Å². The molecule has 8 heteroatoms. The van der Waals surface area contributed by atoms with E-state index in [0.29, 0.717) is 16.8 Å². The zero-order chi connectivity index (χ0) is 13.8. The molecule has 0 saturated carbocycles. The number of rotatable bonds is 5. The lowest BCUT2D eigenvalue weighted by Gasteiger charge is -1.99. The van der Waals surface area contributed by atoms with E-state index in [2.05, 4.69) is 20.5 Å². The number of nitrogens with zero attached hydrogens (tertiary/aromatic N) is 3. The lowest BCUT2D eigenvalue weighted by molar-refractivity contribution is -0.113. The molecule has 0 atom stereocenters. The van der Waals surface area contributed by atoms with Crippen LogP contribution in [-0.4, -0.2) is 26.8 Å². The van der Waals surface area contributed by atoms with Crippen molar-refractivity contribution in [1.29, 1.82) is 0 Å². The van der Waals surface area contributed by atoms with Gasteiger partial charge in [0.25, 0.3) is 0 Å². The minimum Gasteiger partial charge on any atom is -0.300 e. The molecule has 2 aromatic rings. The minimum atomic E-state index is -0.0793. The van der Waals surface area contributed by atoms with Gasteiger partial charge in [-0.25, -0.2) is 4.98 Å². The zero-order valence-corrected chi connectivity index (χ0v) is 13.3. The van der Waals surface area contributed by atoms with Gasteiger partial charge in [-0.05, 0) is 6.92 Å². The molecule has 0 unspecified atom stereocenters. The number of aryl methyl sites for hydroxylation is 1. The molecular weight excluding hydrogens is 300 g/mol. The molecule has 1 amide bonds. The maximum Gasteiger partial charge on any atom is 0.236 e. The van der Waals surface area contributed by atoms with Crippen LogP contribution in [0.2, 0.25) is 0 Å². The second-order valence-corrected chi connectivity index (χ2v) is 7.28. The summed E-state index contributed by atoms with van der Waals surface area (Å²) in [7, 11) is 0. The SMILES string of the molecule is Cc1csc(SCC(=O)Nc2nnc(C(C)C)s2)n1. The molecule has 0 saturated heterocycles. The van der Waals surface area contributed by atoms with Crippen molar-refractivity contribution in [3.05, 3.63) is 16.1 Å². The van der Waals surface area contributed by atoms with Crippen molar-refractivity contribution < 1.29 is 4.79 Å². The summed E-state index contributed by atoms with van der Waals surface area (Å²) >= 11 is 4.40. The van der Waals surface area contributed by atoms with Crippen molar-refractivity contribution in [2.24, 2.45) is 0 Å². The molecule has 0 aliphatic carbocycles. The molecule has 0 aromatic carbocycles. The van der Waals surface area contributed by atoms with E-state index in [1.54, 1.807) is 11.3 Å². The van der Waals surface area contributed by atoms with Gasteiger partial charge in [0.05, 0.1) is 5.75 Å². The molecule has 0 radical (unpaired) electrons. The molecule has 1 N–H and O–H groups in total. The molecule has 2 aromatic heterocycles. The highest BCUT2D eigenvalue weighted by atomic mass is 32.2. The highest BCUT2D eigenvalue weighted by Crippen LogP contribution is 2.24. The van der Waals surface area contributed by atoms with Crippen molar-refractivity contribution in [2.45, 2.75) is 31.0 Å². The van der Waals surface area contributed by atoms with E-state index >= 15 is 0 Å². The van der Waals surface area contributed by atoms with Crippen LogP contribution in [0.15, 0.2) is 9.72 Å². The fourth-order valence-corrected chi connectivity index (χ4v) is 3.61. The first kappa shape index (κ1) is 14.4. The standard InChI is InChI=1S/C11H14N4OS3/c1-6(2)9-14-15-10(19-9)13-8(16)5-18-11-12-7(3)4-17-11/h4,6H,5H2,1-3H3,(H,13,15,16). The number of amides is 1. The molecule has 0 spiro atoms. The highest BCUT2D eigenvalue weighted by Gasteiger charge is 2.11. The van der Waals surface area contributed by atoms with Crippen LogP contribution < -0.4 is 5.32 Å². The zero-order valence-electron chi connectivity index (χ0n) is 10.8. The Morgan fingerprint density at radius 2 is 2.26 bits per heavy atom. The Hall–Kier alpha value is -0.990.